The predicted octanol–water partition coefficient (Wildman–Crippen LogP) is 2.04. The van der Waals surface area contributed by atoms with Crippen molar-refractivity contribution in [2.24, 2.45) is 5.73 Å². The Kier molecular flexibility index (Phi) is 5.87. The normalized spacial score (nSPS) is 11.8. The second-order valence-electron chi connectivity index (χ2n) is 3.70. The van der Waals surface area contributed by atoms with Gasteiger partial charge in [0.15, 0.2) is 0 Å². The Morgan fingerprint density at radius 3 is 2.72 bits per heavy atom. The first-order valence-corrected chi connectivity index (χ1v) is 7.87. The molecule has 102 valence electrons. The van der Waals surface area contributed by atoms with Gasteiger partial charge in [-0.15, -0.1) is 0 Å². The molecule has 0 saturated carbocycles. The zero-order chi connectivity index (χ0) is 13.8. The van der Waals surface area contributed by atoms with Gasteiger partial charge in [-0.1, -0.05) is 11.6 Å². The SMILES string of the molecule is CN(CCCN)S(=O)(=O)Nc1ccc(Cl)c(Br)c1. The van der Waals surface area contributed by atoms with Gasteiger partial charge in [0.05, 0.1) is 10.7 Å². The third-order valence-corrected chi connectivity index (χ3v) is 4.96. The Balaban J connectivity index is 2.78. The first-order valence-electron chi connectivity index (χ1n) is 5.26. The maximum atomic E-state index is 11.9. The van der Waals surface area contributed by atoms with Crippen LogP contribution in [0.15, 0.2) is 22.7 Å². The molecule has 0 unspecified atom stereocenters. The number of nitrogens with two attached hydrogens (primary N) is 1. The van der Waals surface area contributed by atoms with Gasteiger partial charge in [0, 0.05) is 18.1 Å². The Bertz CT molecular complexity index is 510. The lowest BCUT2D eigenvalue weighted by Gasteiger charge is -2.18. The van der Waals surface area contributed by atoms with Crippen molar-refractivity contribution in [3.05, 3.63) is 27.7 Å². The van der Waals surface area contributed by atoms with Gasteiger partial charge >= 0.3 is 10.2 Å². The van der Waals surface area contributed by atoms with Crippen molar-refractivity contribution < 1.29 is 8.42 Å². The second-order valence-corrected chi connectivity index (χ2v) is 6.74. The molecule has 5 nitrogen and oxygen atoms in total. The first-order chi connectivity index (χ1) is 8.36. The van der Waals surface area contributed by atoms with Gasteiger partial charge in [-0.05, 0) is 47.1 Å². The van der Waals surface area contributed by atoms with Gasteiger partial charge in [-0.3, -0.25) is 4.72 Å². The molecule has 3 N–H and O–H groups in total. The number of rotatable bonds is 6. The number of halogens is 2. The monoisotopic (exact) mass is 355 g/mol. The molecule has 0 fully saturated rings. The lowest BCUT2D eigenvalue weighted by atomic mass is 10.3. The predicted molar refractivity (Wildman–Crippen MR) is 78.0 cm³/mol. The molecule has 0 aromatic heterocycles. The minimum atomic E-state index is -3.55. The summed E-state index contributed by atoms with van der Waals surface area (Å²) in [6.07, 6.45) is 0.613. The summed E-state index contributed by atoms with van der Waals surface area (Å²) in [7, 11) is -2.05. The molecular formula is C10H15BrClN3O2S. The van der Waals surface area contributed by atoms with E-state index < -0.39 is 10.2 Å². The average molecular weight is 357 g/mol. The third kappa shape index (κ3) is 4.40. The number of anilines is 1. The Morgan fingerprint density at radius 2 is 2.17 bits per heavy atom. The number of nitrogens with one attached hydrogen (secondary N) is 1. The fourth-order valence-corrected chi connectivity index (χ4v) is 2.67. The highest BCUT2D eigenvalue weighted by Crippen LogP contribution is 2.26. The van der Waals surface area contributed by atoms with Gasteiger partial charge in [0.25, 0.3) is 0 Å². The van der Waals surface area contributed by atoms with Crippen LogP contribution >= 0.6 is 27.5 Å². The van der Waals surface area contributed by atoms with E-state index in [1.165, 1.54) is 11.4 Å². The molecule has 8 heteroatoms. The highest BCUT2D eigenvalue weighted by molar-refractivity contribution is 9.10. The average Bonchev–Trinajstić information content (AvgIpc) is 2.30. The molecular weight excluding hydrogens is 342 g/mol. The smallest absolute Gasteiger partial charge is 0.301 e. The quantitative estimate of drug-likeness (QED) is 0.819. The Morgan fingerprint density at radius 1 is 1.50 bits per heavy atom. The molecule has 1 aromatic rings. The van der Waals surface area contributed by atoms with Crippen LogP contribution in [0.3, 0.4) is 0 Å². The number of hydrogen-bond acceptors (Lipinski definition) is 3. The van der Waals surface area contributed by atoms with Gasteiger partial charge in [-0.25, -0.2) is 0 Å². The van der Waals surface area contributed by atoms with Gasteiger partial charge in [0.1, 0.15) is 0 Å². The van der Waals surface area contributed by atoms with E-state index in [0.29, 0.717) is 34.7 Å². The van der Waals surface area contributed by atoms with E-state index in [9.17, 15) is 8.42 Å². The van der Waals surface area contributed by atoms with E-state index in [1.54, 1.807) is 18.2 Å². The summed E-state index contributed by atoms with van der Waals surface area (Å²) in [5, 5.41) is 0.523. The van der Waals surface area contributed by atoms with E-state index in [4.69, 9.17) is 17.3 Å². The molecule has 0 amide bonds. The van der Waals surface area contributed by atoms with Crippen LogP contribution in [-0.2, 0) is 10.2 Å². The Labute approximate surface area is 121 Å². The van der Waals surface area contributed by atoms with E-state index in [1.807, 2.05) is 0 Å². The number of nitrogens with zero attached hydrogens (tertiary/aromatic N) is 1. The lowest BCUT2D eigenvalue weighted by Crippen LogP contribution is -2.34. The summed E-state index contributed by atoms with van der Waals surface area (Å²) in [4.78, 5) is 0. The molecule has 0 bridgehead atoms. The van der Waals surface area contributed by atoms with Crippen LogP contribution < -0.4 is 10.5 Å². The summed E-state index contributed by atoms with van der Waals surface area (Å²) in [6.45, 7) is 0.826. The van der Waals surface area contributed by atoms with E-state index >= 15 is 0 Å². The second kappa shape index (κ2) is 6.72. The van der Waals surface area contributed by atoms with Gasteiger partial charge < -0.3 is 5.73 Å². The zero-order valence-electron chi connectivity index (χ0n) is 9.86. The molecule has 0 aliphatic heterocycles. The van der Waals surface area contributed by atoms with Crippen molar-refractivity contribution in [2.45, 2.75) is 6.42 Å². The van der Waals surface area contributed by atoms with Crippen LogP contribution in [0, 0.1) is 0 Å². The fourth-order valence-electron chi connectivity index (χ4n) is 1.22. The van der Waals surface area contributed by atoms with Gasteiger partial charge in [0.2, 0.25) is 0 Å². The summed E-state index contributed by atoms with van der Waals surface area (Å²) >= 11 is 9.07. The van der Waals surface area contributed by atoms with Crippen molar-refractivity contribution in [2.75, 3.05) is 24.9 Å². The Hall–Kier alpha value is -0.340. The maximum absolute atomic E-state index is 11.9. The molecule has 0 radical (unpaired) electrons. The van der Waals surface area contributed by atoms with Crippen molar-refractivity contribution >= 4 is 43.4 Å². The lowest BCUT2D eigenvalue weighted by molar-refractivity contribution is 0.468. The topological polar surface area (TPSA) is 75.4 Å². The molecule has 0 spiro atoms. The third-order valence-electron chi connectivity index (χ3n) is 2.25. The van der Waals surface area contributed by atoms with E-state index in [2.05, 4.69) is 20.7 Å². The van der Waals surface area contributed by atoms with Gasteiger partial charge in [-0.2, -0.15) is 12.7 Å². The summed E-state index contributed by atoms with van der Waals surface area (Å²) < 4.78 is 28.2. The molecule has 0 atom stereocenters. The molecule has 0 aliphatic rings. The van der Waals surface area contributed by atoms with Crippen LogP contribution in [0.25, 0.3) is 0 Å². The molecule has 0 saturated heterocycles. The highest BCUT2D eigenvalue weighted by atomic mass is 79.9. The summed E-state index contributed by atoms with van der Waals surface area (Å²) in [5.41, 5.74) is 5.80. The first kappa shape index (κ1) is 15.7. The largest absolute Gasteiger partial charge is 0.330 e. The molecule has 0 heterocycles. The highest BCUT2D eigenvalue weighted by Gasteiger charge is 2.17. The minimum absolute atomic E-state index is 0.376. The molecule has 0 aliphatic carbocycles. The molecule has 18 heavy (non-hydrogen) atoms. The zero-order valence-corrected chi connectivity index (χ0v) is 13.0. The van der Waals surface area contributed by atoms with E-state index in [0.717, 1.165) is 0 Å². The molecule has 1 aromatic carbocycles. The van der Waals surface area contributed by atoms with Crippen LogP contribution in [0.5, 0.6) is 0 Å². The maximum Gasteiger partial charge on any atom is 0.301 e. The van der Waals surface area contributed by atoms with Crippen molar-refractivity contribution in [1.82, 2.24) is 4.31 Å². The van der Waals surface area contributed by atoms with Crippen LogP contribution in [-0.4, -0.2) is 32.9 Å². The van der Waals surface area contributed by atoms with Crippen LogP contribution in [0.4, 0.5) is 5.69 Å². The number of hydrogen-bond donors (Lipinski definition) is 2. The van der Waals surface area contributed by atoms with E-state index in [-0.39, 0.29) is 0 Å². The standard InChI is InChI=1S/C10H15BrClN3O2S/c1-15(6-2-5-13)18(16,17)14-8-3-4-10(12)9(11)7-8/h3-4,7,14H,2,5-6,13H2,1H3. The van der Waals surface area contributed by atoms with Crippen LogP contribution in [0.2, 0.25) is 5.02 Å². The minimum Gasteiger partial charge on any atom is -0.330 e. The van der Waals surface area contributed by atoms with Crippen molar-refractivity contribution in [3.8, 4) is 0 Å². The van der Waals surface area contributed by atoms with Crippen molar-refractivity contribution in [3.63, 3.8) is 0 Å². The fraction of sp³-hybridized carbons (Fsp3) is 0.400. The summed E-state index contributed by atoms with van der Waals surface area (Å²) in [6, 6.07) is 4.82. The summed E-state index contributed by atoms with van der Waals surface area (Å²) in [5.74, 6) is 0. The number of benzene rings is 1. The molecule has 1 rings (SSSR count). The van der Waals surface area contributed by atoms with Crippen molar-refractivity contribution in [1.29, 1.82) is 0 Å². The van der Waals surface area contributed by atoms with Crippen LogP contribution in [0.1, 0.15) is 6.42 Å².